The summed E-state index contributed by atoms with van der Waals surface area (Å²) in [7, 11) is 0. The molecule has 302 valence electrons. The van der Waals surface area contributed by atoms with Crippen molar-refractivity contribution in [1.82, 2.24) is 4.57 Å². The average molecular weight is 812 g/mol. The Morgan fingerprint density at radius 2 is 1.08 bits per heavy atom. The molecule has 0 saturated carbocycles. The Hall–Kier alpha value is -7.69. The summed E-state index contributed by atoms with van der Waals surface area (Å²) in [5, 5.41) is 4.85. The summed E-state index contributed by atoms with van der Waals surface area (Å²) in [5.74, 6) is 0.0742. The molecule has 0 amide bonds. The number of hydrogen-bond donors (Lipinski definition) is 0. The van der Waals surface area contributed by atoms with Gasteiger partial charge in [0.25, 0.3) is 0 Å². The standard InChI is InChI=1S/C59H45N3O/c1-58(2)48-25-15-13-23-45(48)57(63)47-36-43(29-31-49(47)58)62-52-32-30-44(60(40-19-7-5-8-20-40)42-28-27-38-17-11-12-18-39(38)35-42)37-50(52)59(3,4)56-54(62)34-33-53-55(56)46-24-14-16-26-51(46)61(53)41-21-9-6-10-22-41/h5-37H,1-4H3. The zero-order chi connectivity index (χ0) is 42.6. The molecule has 0 unspecified atom stereocenters. The molecule has 9 aromatic carbocycles. The monoisotopic (exact) mass is 811 g/mol. The summed E-state index contributed by atoms with van der Waals surface area (Å²) in [6.07, 6.45) is 0. The van der Waals surface area contributed by atoms with Gasteiger partial charge in [-0.25, -0.2) is 0 Å². The lowest BCUT2D eigenvalue weighted by atomic mass is 9.68. The first-order valence-electron chi connectivity index (χ1n) is 21.9. The van der Waals surface area contributed by atoms with Crippen LogP contribution >= 0.6 is 0 Å². The normalized spacial score (nSPS) is 14.6. The quantitative estimate of drug-likeness (QED) is 0.173. The Bertz CT molecular complexity index is 3490. The molecule has 0 N–H and O–H groups in total. The van der Waals surface area contributed by atoms with Gasteiger partial charge in [-0.05, 0) is 118 Å². The van der Waals surface area contributed by atoms with E-state index in [1.165, 1.54) is 38.2 Å². The molecule has 1 aromatic heterocycles. The van der Waals surface area contributed by atoms with Gasteiger partial charge in [0.2, 0.25) is 0 Å². The van der Waals surface area contributed by atoms with Crippen LogP contribution in [0.15, 0.2) is 200 Å². The summed E-state index contributed by atoms with van der Waals surface area (Å²) in [6.45, 7) is 9.25. The van der Waals surface area contributed by atoms with Crippen LogP contribution in [-0.2, 0) is 10.8 Å². The van der Waals surface area contributed by atoms with Crippen LogP contribution < -0.4 is 9.80 Å². The van der Waals surface area contributed by atoms with Crippen molar-refractivity contribution < 1.29 is 4.79 Å². The van der Waals surface area contributed by atoms with Gasteiger partial charge in [-0.15, -0.1) is 0 Å². The second-order valence-electron chi connectivity index (χ2n) is 18.1. The third kappa shape index (κ3) is 5.44. The van der Waals surface area contributed by atoms with Crippen molar-refractivity contribution in [3.63, 3.8) is 0 Å². The Labute approximate surface area is 367 Å². The van der Waals surface area contributed by atoms with Crippen molar-refractivity contribution in [3.8, 4) is 5.69 Å². The molecular formula is C59H45N3O. The minimum Gasteiger partial charge on any atom is -0.310 e. The van der Waals surface area contributed by atoms with E-state index in [1.54, 1.807) is 0 Å². The largest absolute Gasteiger partial charge is 0.310 e. The number of nitrogens with zero attached hydrogens (tertiary/aromatic N) is 3. The maximum atomic E-state index is 14.5. The number of hydrogen-bond acceptors (Lipinski definition) is 3. The van der Waals surface area contributed by atoms with Crippen molar-refractivity contribution in [3.05, 3.63) is 234 Å². The van der Waals surface area contributed by atoms with E-state index in [1.807, 2.05) is 18.2 Å². The van der Waals surface area contributed by atoms with Crippen molar-refractivity contribution in [2.24, 2.45) is 0 Å². The highest BCUT2D eigenvalue weighted by atomic mass is 16.1. The number of rotatable bonds is 5. The van der Waals surface area contributed by atoms with Gasteiger partial charge < -0.3 is 14.4 Å². The number of carbonyl (C=O) groups excluding carboxylic acids is 1. The smallest absolute Gasteiger partial charge is 0.193 e. The van der Waals surface area contributed by atoms with Crippen LogP contribution in [0.2, 0.25) is 0 Å². The van der Waals surface area contributed by atoms with Gasteiger partial charge in [0.15, 0.2) is 5.78 Å². The highest BCUT2D eigenvalue weighted by Gasteiger charge is 2.42. The second kappa shape index (κ2) is 13.7. The van der Waals surface area contributed by atoms with E-state index in [9.17, 15) is 4.79 Å². The van der Waals surface area contributed by atoms with E-state index in [4.69, 9.17) is 0 Å². The minimum atomic E-state index is -0.459. The van der Waals surface area contributed by atoms with Crippen molar-refractivity contribution >= 4 is 72.5 Å². The predicted octanol–water partition coefficient (Wildman–Crippen LogP) is 15.4. The molecule has 1 aliphatic carbocycles. The number of ketones is 1. The first kappa shape index (κ1) is 37.1. The van der Waals surface area contributed by atoms with Crippen LogP contribution in [0, 0.1) is 0 Å². The molecule has 4 heteroatoms. The average Bonchev–Trinajstić information content (AvgIpc) is 3.66. The van der Waals surface area contributed by atoms with Gasteiger partial charge in [0.05, 0.1) is 22.4 Å². The summed E-state index contributed by atoms with van der Waals surface area (Å²) in [4.78, 5) is 19.3. The number of para-hydroxylation sites is 3. The Morgan fingerprint density at radius 3 is 1.90 bits per heavy atom. The molecule has 0 spiro atoms. The predicted molar refractivity (Wildman–Crippen MR) is 262 cm³/mol. The molecule has 12 rings (SSSR count). The third-order valence-electron chi connectivity index (χ3n) is 13.9. The molecule has 1 aliphatic heterocycles. The highest BCUT2D eigenvalue weighted by molar-refractivity contribution is 6.16. The molecule has 2 aliphatic rings. The molecule has 10 aromatic rings. The van der Waals surface area contributed by atoms with E-state index in [0.29, 0.717) is 0 Å². The summed E-state index contributed by atoms with van der Waals surface area (Å²) < 4.78 is 2.41. The summed E-state index contributed by atoms with van der Waals surface area (Å²) >= 11 is 0. The zero-order valence-corrected chi connectivity index (χ0v) is 35.8. The SMILES string of the molecule is CC1(C)c2ccccc2C(=O)c2cc(N3c4ccc(N(c5ccccc5)c5ccc6ccccc6c5)cc4C(C)(C)c4c3ccc3c4c4ccccc4n3-c3ccccc3)ccc21. The lowest BCUT2D eigenvalue weighted by Gasteiger charge is -2.43. The van der Waals surface area contributed by atoms with Crippen LogP contribution in [0.3, 0.4) is 0 Å². The van der Waals surface area contributed by atoms with E-state index >= 15 is 0 Å². The van der Waals surface area contributed by atoms with Gasteiger partial charge in [-0.3, -0.25) is 4.79 Å². The molecule has 2 heterocycles. The van der Waals surface area contributed by atoms with Crippen LogP contribution in [0.5, 0.6) is 0 Å². The number of anilines is 6. The number of benzene rings is 9. The number of fused-ring (bicyclic) bond motifs is 9. The van der Waals surface area contributed by atoms with Gasteiger partial charge >= 0.3 is 0 Å². The summed E-state index contributed by atoms with van der Waals surface area (Å²) in [6, 6.07) is 71.7. The van der Waals surface area contributed by atoms with Crippen molar-refractivity contribution in [2.75, 3.05) is 9.80 Å². The lowest BCUT2D eigenvalue weighted by Crippen LogP contribution is -2.32. The van der Waals surface area contributed by atoms with Crippen LogP contribution in [0.4, 0.5) is 34.1 Å². The van der Waals surface area contributed by atoms with Gasteiger partial charge in [0, 0.05) is 61.2 Å². The first-order valence-corrected chi connectivity index (χ1v) is 21.9. The van der Waals surface area contributed by atoms with Crippen LogP contribution in [0.1, 0.15) is 65.9 Å². The van der Waals surface area contributed by atoms with E-state index in [2.05, 4.69) is 224 Å². The van der Waals surface area contributed by atoms with Crippen LogP contribution in [-0.4, -0.2) is 10.4 Å². The van der Waals surface area contributed by atoms with Gasteiger partial charge in [0.1, 0.15) is 0 Å². The maximum Gasteiger partial charge on any atom is 0.193 e. The Balaban J connectivity index is 1.14. The second-order valence-corrected chi connectivity index (χ2v) is 18.1. The van der Waals surface area contributed by atoms with Crippen molar-refractivity contribution in [1.29, 1.82) is 0 Å². The van der Waals surface area contributed by atoms with Crippen LogP contribution in [0.25, 0.3) is 38.3 Å². The molecule has 0 bridgehead atoms. The fourth-order valence-corrected chi connectivity index (χ4v) is 10.9. The molecule has 63 heavy (non-hydrogen) atoms. The summed E-state index contributed by atoms with van der Waals surface area (Å²) in [5.41, 5.74) is 15.2. The zero-order valence-electron chi connectivity index (χ0n) is 35.8. The Kier molecular flexibility index (Phi) is 8.04. The first-order chi connectivity index (χ1) is 30.7. The van der Waals surface area contributed by atoms with E-state index in [-0.39, 0.29) is 11.2 Å². The molecule has 4 nitrogen and oxygen atoms in total. The van der Waals surface area contributed by atoms with Crippen molar-refractivity contribution in [2.45, 2.75) is 38.5 Å². The van der Waals surface area contributed by atoms with Gasteiger partial charge in [-0.2, -0.15) is 0 Å². The maximum absolute atomic E-state index is 14.5. The number of aromatic nitrogens is 1. The number of carbonyl (C=O) groups is 1. The third-order valence-corrected chi connectivity index (χ3v) is 13.9. The molecule has 0 fully saturated rings. The topological polar surface area (TPSA) is 28.5 Å². The Morgan fingerprint density at radius 1 is 0.429 bits per heavy atom. The molecule has 0 saturated heterocycles. The van der Waals surface area contributed by atoms with E-state index < -0.39 is 5.41 Å². The molecular weight excluding hydrogens is 767 g/mol. The van der Waals surface area contributed by atoms with Gasteiger partial charge in [-0.1, -0.05) is 143 Å². The fourth-order valence-electron chi connectivity index (χ4n) is 10.9. The minimum absolute atomic E-state index is 0.0742. The highest BCUT2D eigenvalue weighted by Crippen LogP contribution is 2.57. The fraction of sp³-hybridized carbons (Fsp3) is 0.102. The lowest BCUT2D eigenvalue weighted by molar-refractivity contribution is 0.103. The molecule has 0 atom stereocenters. The van der Waals surface area contributed by atoms with E-state index in [0.717, 1.165) is 67.6 Å². The molecule has 0 radical (unpaired) electrons.